The van der Waals surface area contributed by atoms with Crippen molar-refractivity contribution in [2.45, 2.75) is 13.8 Å². The molecular weight excluding hydrogens is 908 g/mol. The number of rotatable bonds is 3. The van der Waals surface area contributed by atoms with Gasteiger partial charge in [0.2, 0.25) is 23.1 Å². The number of halogens is 2. The smallest absolute Gasteiger partial charge is 0.423 e. The number of fused-ring (bicyclic) bond motifs is 6. The SMILES string of the molecule is Cc1ccc(-c2ccc3c(c2)C(=O)C(=O)c2cc(C)ccc2-3)cc1.O=C1C(=O)c2cc(I)ccc2-c2ccc(I)cc21.OB(O)c1ccc(B(O)O)cc1. The first-order chi connectivity index (χ1) is 25.7. The Morgan fingerprint density at radius 1 is 0.370 bits per heavy atom. The van der Waals surface area contributed by atoms with Crippen molar-refractivity contribution in [1.82, 2.24) is 0 Å². The third kappa shape index (κ3) is 8.23. The molecular formula is C42H30B2I2O8. The molecule has 0 saturated carbocycles. The van der Waals surface area contributed by atoms with Crippen LogP contribution in [0.4, 0.5) is 0 Å². The third-order valence-corrected chi connectivity index (χ3v) is 10.4. The van der Waals surface area contributed by atoms with Gasteiger partial charge in [-0.1, -0.05) is 96.1 Å². The minimum Gasteiger partial charge on any atom is -0.423 e. The van der Waals surface area contributed by atoms with E-state index >= 15 is 0 Å². The second-order valence-electron chi connectivity index (χ2n) is 12.8. The van der Waals surface area contributed by atoms with Crippen LogP contribution in [0.3, 0.4) is 0 Å². The highest BCUT2D eigenvalue weighted by atomic mass is 127. The number of hydrogen-bond donors (Lipinski definition) is 4. The molecule has 0 unspecified atom stereocenters. The molecule has 266 valence electrons. The number of Topliss-reactive ketones (excluding diaryl/α,β-unsaturated/α-hetero) is 4. The molecule has 0 atom stereocenters. The van der Waals surface area contributed by atoms with Crippen molar-refractivity contribution < 1.29 is 39.3 Å². The van der Waals surface area contributed by atoms with Gasteiger partial charge in [0.05, 0.1) is 0 Å². The van der Waals surface area contributed by atoms with E-state index in [9.17, 15) is 19.2 Å². The Kier molecular flexibility index (Phi) is 11.9. The largest absolute Gasteiger partial charge is 0.488 e. The Morgan fingerprint density at radius 3 is 1.13 bits per heavy atom. The van der Waals surface area contributed by atoms with E-state index in [1.54, 1.807) is 18.2 Å². The summed E-state index contributed by atoms with van der Waals surface area (Å²) in [5.74, 6) is -1.64. The monoisotopic (exact) mass is 938 g/mol. The van der Waals surface area contributed by atoms with E-state index < -0.39 is 37.4 Å². The van der Waals surface area contributed by atoms with Crippen LogP contribution in [0.5, 0.6) is 0 Å². The number of ketones is 4. The first-order valence-corrected chi connectivity index (χ1v) is 18.8. The lowest BCUT2D eigenvalue weighted by atomic mass is 9.75. The predicted molar refractivity (Wildman–Crippen MR) is 228 cm³/mol. The molecule has 0 spiro atoms. The molecule has 2 aliphatic rings. The van der Waals surface area contributed by atoms with Gasteiger partial charge in [-0.15, -0.1) is 0 Å². The number of aryl methyl sites for hydroxylation is 2. The fraction of sp³-hybridized carbons (Fsp3) is 0.0476. The van der Waals surface area contributed by atoms with Gasteiger partial charge in [-0.3, -0.25) is 19.2 Å². The van der Waals surface area contributed by atoms with E-state index in [4.69, 9.17) is 20.1 Å². The molecule has 12 heteroatoms. The zero-order valence-electron chi connectivity index (χ0n) is 28.9. The minimum absolute atomic E-state index is 0.319. The number of benzene rings is 6. The van der Waals surface area contributed by atoms with Crippen molar-refractivity contribution in [2.75, 3.05) is 0 Å². The normalized spacial score (nSPS) is 12.2. The molecule has 8 nitrogen and oxygen atoms in total. The average Bonchev–Trinajstić information content (AvgIpc) is 3.16. The third-order valence-electron chi connectivity index (χ3n) is 9.05. The van der Waals surface area contributed by atoms with Gasteiger partial charge in [-0.2, -0.15) is 0 Å². The molecule has 54 heavy (non-hydrogen) atoms. The van der Waals surface area contributed by atoms with E-state index in [1.165, 1.54) is 29.8 Å². The molecule has 8 rings (SSSR count). The summed E-state index contributed by atoms with van der Waals surface area (Å²) < 4.78 is 1.92. The van der Waals surface area contributed by atoms with Gasteiger partial charge in [0.15, 0.2) is 0 Å². The quantitative estimate of drug-likeness (QED) is 0.0960. The van der Waals surface area contributed by atoms with Crippen LogP contribution >= 0.6 is 45.2 Å². The molecule has 4 N–H and O–H groups in total. The predicted octanol–water partition coefficient (Wildman–Crippen LogP) is 6.00. The Hall–Kier alpha value is -4.57. The zero-order chi connectivity index (χ0) is 38.8. The molecule has 0 amide bonds. The van der Waals surface area contributed by atoms with Gasteiger partial charge < -0.3 is 20.1 Å². The second-order valence-corrected chi connectivity index (χ2v) is 15.3. The van der Waals surface area contributed by atoms with Crippen LogP contribution in [-0.2, 0) is 0 Å². The number of carbonyl (C=O) groups is 4. The molecule has 0 aromatic heterocycles. The molecule has 0 heterocycles. The van der Waals surface area contributed by atoms with Gasteiger partial charge in [0, 0.05) is 29.4 Å². The van der Waals surface area contributed by atoms with Crippen molar-refractivity contribution in [1.29, 1.82) is 0 Å². The second kappa shape index (κ2) is 16.4. The summed E-state index contributed by atoms with van der Waals surface area (Å²) in [6.07, 6.45) is 0. The van der Waals surface area contributed by atoms with Gasteiger partial charge >= 0.3 is 14.2 Å². The lowest BCUT2D eigenvalue weighted by Crippen LogP contribution is -2.34. The van der Waals surface area contributed by atoms with Crippen LogP contribution in [0, 0.1) is 21.0 Å². The lowest BCUT2D eigenvalue weighted by Gasteiger charge is -2.19. The van der Waals surface area contributed by atoms with E-state index in [2.05, 4.69) is 45.2 Å². The fourth-order valence-electron chi connectivity index (χ4n) is 6.18. The first-order valence-electron chi connectivity index (χ1n) is 16.6. The summed E-state index contributed by atoms with van der Waals surface area (Å²) in [5.41, 5.74) is 10.2. The zero-order valence-corrected chi connectivity index (χ0v) is 33.2. The molecule has 0 saturated heterocycles. The Labute approximate surface area is 339 Å². The van der Waals surface area contributed by atoms with Crippen LogP contribution in [0.2, 0.25) is 0 Å². The maximum Gasteiger partial charge on any atom is 0.488 e. The summed E-state index contributed by atoms with van der Waals surface area (Å²) in [6.45, 7) is 3.96. The molecule has 0 fully saturated rings. The summed E-state index contributed by atoms with van der Waals surface area (Å²) >= 11 is 4.29. The van der Waals surface area contributed by atoms with Crippen LogP contribution < -0.4 is 10.9 Å². The Bertz CT molecular complexity index is 2370. The van der Waals surface area contributed by atoms with E-state index in [0.717, 1.165) is 46.1 Å². The van der Waals surface area contributed by atoms with Crippen molar-refractivity contribution in [3.05, 3.63) is 162 Å². The van der Waals surface area contributed by atoms with Gasteiger partial charge in [0.1, 0.15) is 0 Å². The van der Waals surface area contributed by atoms with Crippen molar-refractivity contribution >= 4 is 93.5 Å². The van der Waals surface area contributed by atoms with Crippen molar-refractivity contribution in [3.8, 4) is 33.4 Å². The Morgan fingerprint density at radius 2 is 0.704 bits per heavy atom. The number of hydrogen-bond acceptors (Lipinski definition) is 8. The van der Waals surface area contributed by atoms with Crippen LogP contribution in [-0.4, -0.2) is 57.5 Å². The maximum atomic E-state index is 12.6. The fourth-order valence-corrected chi connectivity index (χ4v) is 7.16. The lowest BCUT2D eigenvalue weighted by molar-refractivity contribution is 0.0815. The molecule has 0 radical (unpaired) electrons. The van der Waals surface area contributed by atoms with E-state index in [-0.39, 0.29) is 0 Å². The Balaban J connectivity index is 0.000000147. The maximum absolute atomic E-state index is 12.6. The van der Waals surface area contributed by atoms with Crippen LogP contribution in [0.1, 0.15) is 52.6 Å². The average molecular weight is 938 g/mol. The summed E-state index contributed by atoms with van der Waals surface area (Å²) in [5, 5.41) is 34.7. The molecule has 6 aromatic rings. The van der Waals surface area contributed by atoms with Crippen molar-refractivity contribution in [2.24, 2.45) is 0 Å². The van der Waals surface area contributed by atoms with Gasteiger partial charge in [-0.05, 0) is 140 Å². The molecule has 0 aliphatic heterocycles. The summed E-state index contributed by atoms with van der Waals surface area (Å²) in [6, 6.07) is 36.6. The highest BCUT2D eigenvalue weighted by Gasteiger charge is 2.31. The minimum atomic E-state index is -1.52. The summed E-state index contributed by atoms with van der Waals surface area (Å²) in [4.78, 5) is 49.2. The topological polar surface area (TPSA) is 149 Å². The van der Waals surface area contributed by atoms with Gasteiger partial charge in [0.25, 0.3) is 0 Å². The highest BCUT2D eigenvalue weighted by Crippen LogP contribution is 2.37. The molecule has 6 aromatic carbocycles. The van der Waals surface area contributed by atoms with Crippen molar-refractivity contribution in [3.63, 3.8) is 0 Å². The van der Waals surface area contributed by atoms with E-state index in [1.807, 2.05) is 92.7 Å². The molecule has 0 bridgehead atoms. The highest BCUT2D eigenvalue weighted by molar-refractivity contribution is 14.1. The van der Waals surface area contributed by atoms with E-state index in [0.29, 0.717) is 33.2 Å². The molecule has 2 aliphatic carbocycles. The summed E-state index contributed by atoms with van der Waals surface area (Å²) in [7, 11) is -3.04. The van der Waals surface area contributed by atoms with Gasteiger partial charge in [-0.25, -0.2) is 0 Å². The van der Waals surface area contributed by atoms with Crippen LogP contribution in [0.25, 0.3) is 33.4 Å². The van der Waals surface area contributed by atoms with Crippen LogP contribution in [0.15, 0.2) is 121 Å². The standard InChI is InChI=1S/C22H16O2.C14H6I2O2.C6H8B2O4/c1-13-3-6-15(7-4-13)16-8-10-18-17-9-5-14(2)11-19(17)21(23)22(24)20(18)12-16;15-7-1-3-9-10-4-2-8(16)6-12(10)14(18)13(17)11(9)5-7;9-7(10)5-1-2-6(4-3-5)8(11)12/h3-12H,1-2H3;1-6H;1-4,9-12H. The first kappa shape index (κ1) is 39.1. The number of carbonyl (C=O) groups excluding carboxylic acids is 4.